The number of benzene rings is 2. The zero-order valence-electron chi connectivity index (χ0n) is 10.8. The normalized spacial score (nSPS) is 13.7. The van der Waals surface area contributed by atoms with Crippen LogP contribution in [0.4, 0.5) is 26.3 Å². The first-order chi connectivity index (χ1) is 10.2. The van der Waals surface area contributed by atoms with Gasteiger partial charge in [0.25, 0.3) is 0 Å². The number of hydrogen-bond donors (Lipinski definition) is 0. The Bertz CT molecular complexity index is 606. The molecule has 0 aliphatic heterocycles. The highest BCUT2D eigenvalue weighted by molar-refractivity contribution is 7.97. The minimum Gasteiger partial charge on any atom is -0.406 e. The third kappa shape index (κ3) is 4.33. The van der Waals surface area contributed by atoms with Crippen LogP contribution in [0.15, 0.2) is 64.4 Å². The highest BCUT2D eigenvalue weighted by atomic mass is 32.2. The summed E-state index contributed by atoms with van der Waals surface area (Å²) in [6.45, 7) is 0. The van der Waals surface area contributed by atoms with Crippen molar-refractivity contribution in [3.8, 4) is 5.75 Å². The molecule has 0 bridgehead atoms. The van der Waals surface area contributed by atoms with Gasteiger partial charge in [-0.15, -0.1) is 26.3 Å². The monoisotopic (exact) mass is 339 g/mol. The van der Waals surface area contributed by atoms with Gasteiger partial charge in [0, 0.05) is 0 Å². The summed E-state index contributed by atoms with van der Waals surface area (Å²) in [7, 11) is -2.24. The first kappa shape index (κ1) is 16.5. The van der Waals surface area contributed by atoms with Crippen molar-refractivity contribution in [1.29, 1.82) is 0 Å². The number of hydrogen-bond acceptors (Lipinski definition) is 1. The molecule has 0 amide bonds. The Kier molecular flexibility index (Phi) is 4.60. The van der Waals surface area contributed by atoms with E-state index in [1.54, 1.807) is 6.07 Å². The van der Waals surface area contributed by atoms with E-state index in [1.807, 2.05) is 0 Å². The predicted octanol–water partition coefficient (Wildman–Crippen LogP) is 5.14. The van der Waals surface area contributed by atoms with Gasteiger partial charge in [-0.2, -0.15) is 0 Å². The van der Waals surface area contributed by atoms with E-state index < -0.39 is 28.5 Å². The van der Waals surface area contributed by atoms with Crippen LogP contribution in [-0.2, 0) is 10.9 Å². The highest BCUT2D eigenvalue weighted by Gasteiger charge is 2.54. The molecule has 0 spiro atoms. The van der Waals surface area contributed by atoms with Crippen LogP contribution in [0.3, 0.4) is 0 Å². The Morgan fingerprint density at radius 2 is 1.18 bits per heavy atom. The maximum absolute atomic E-state index is 13.3. The van der Waals surface area contributed by atoms with Crippen LogP contribution < -0.4 is 4.74 Å². The summed E-state index contributed by atoms with van der Waals surface area (Å²) in [5.74, 6) is -0.560. The summed E-state index contributed by atoms with van der Waals surface area (Å²) >= 11 is 0. The molecule has 8 heteroatoms. The van der Waals surface area contributed by atoms with E-state index in [9.17, 15) is 26.3 Å². The second kappa shape index (κ2) is 6.12. The van der Waals surface area contributed by atoms with Crippen molar-refractivity contribution in [2.75, 3.05) is 0 Å². The van der Waals surface area contributed by atoms with Gasteiger partial charge in [-0.05, 0) is 36.4 Å². The van der Waals surface area contributed by atoms with Crippen molar-refractivity contribution in [3.05, 3.63) is 54.6 Å². The van der Waals surface area contributed by atoms with Gasteiger partial charge in [-0.1, -0.05) is 18.2 Å². The molecule has 0 aliphatic rings. The SMILES string of the molecule is FC(F)(F)Oc1ccc([S+](c2ccccc2)C(F)(F)F)cc1. The maximum Gasteiger partial charge on any atom is 0.586 e. The Morgan fingerprint density at radius 1 is 0.682 bits per heavy atom. The van der Waals surface area contributed by atoms with Gasteiger partial charge in [0.1, 0.15) is 5.75 Å². The predicted molar refractivity (Wildman–Crippen MR) is 69.5 cm³/mol. The van der Waals surface area contributed by atoms with Crippen LogP contribution in [0, 0.1) is 0 Å². The van der Waals surface area contributed by atoms with E-state index in [0.717, 1.165) is 24.3 Å². The van der Waals surface area contributed by atoms with Crippen LogP contribution in [0.2, 0.25) is 0 Å². The summed E-state index contributed by atoms with van der Waals surface area (Å²) < 4.78 is 79.6. The lowest BCUT2D eigenvalue weighted by Crippen LogP contribution is -2.24. The van der Waals surface area contributed by atoms with Crippen LogP contribution in [0.25, 0.3) is 0 Å². The van der Waals surface area contributed by atoms with E-state index in [4.69, 9.17) is 0 Å². The van der Waals surface area contributed by atoms with Gasteiger partial charge in [0.05, 0.1) is 0 Å². The zero-order valence-corrected chi connectivity index (χ0v) is 11.6. The molecule has 1 nitrogen and oxygen atoms in total. The average molecular weight is 339 g/mol. The summed E-state index contributed by atoms with van der Waals surface area (Å²) in [5.41, 5.74) is -4.53. The molecule has 1 atom stereocenters. The fraction of sp³-hybridized carbons (Fsp3) is 0.143. The zero-order chi connectivity index (χ0) is 16.4. The van der Waals surface area contributed by atoms with E-state index in [0.29, 0.717) is 0 Å². The molecule has 0 N–H and O–H groups in total. The van der Waals surface area contributed by atoms with Crippen LogP contribution in [0.5, 0.6) is 5.75 Å². The largest absolute Gasteiger partial charge is 0.586 e. The molecule has 1 unspecified atom stereocenters. The Hall–Kier alpha value is -1.83. The van der Waals surface area contributed by atoms with Gasteiger partial charge in [-0.3, -0.25) is 0 Å². The number of ether oxygens (including phenoxy) is 1. The van der Waals surface area contributed by atoms with E-state index in [2.05, 4.69) is 4.74 Å². The Labute approximate surface area is 124 Å². The lowest BCUT2D eigenvalue weighted by atomic mass is 10.3. The first-order valence-corrected chi connectivity index (χ1v) is 7.11. The third-order valence-electron chi connectivity index (χ3n) is 2.50. The van der Waals surface area contributed by atoms with E-state index in [1.165, 1.54) is 24.3 Å². The molecule has 2 aromatic rings. The quantitative estimate of drug-likeness (QED) is 0.556. The van der Waals surface area contributed by atoms with Crippen LogP contribution in [-0.4, -0.2) is 11.9 Å². The van der Waals surface area contributed by atoms with Crippen molar-refractivity contribution in [1.82, 2.24) is 0 Å². The van der Waals surface area contributed by atoms with E-state index >= 15 is 0 Å². The molecule has 0 fully saturated rings. The Morgan fingerprint density at radius 3 is 1.64 bits per heavy atom. The molecular formula is C14H9F6OS+. The van der Waals surface area contributed by atoms with Crippen molar-refractivity contribution in [2.24, 2.45) is 0 Å². The molecule has 0 saturated carbocycles. The average Bonchev–Trinajstić information content (AvgIpc) is 2.39. The fourth-order valence-corrected chi connectivity index (χ4v) is 3.38. The topological polar surface area (TPSA) is 9.23 Å². The molecule has 22 heavy (non-hydrogen) atoms. The molecule has 0 saturated heterocycles. The summed E-state index contributed by atoms with van der Waals surface area (Å²) in [5, 5.41) is 0. The van der Waals surface area contributed by atoms with Crippen LogP contribution in [0.1, 0.15) is 0 Å². The molecule has 2 aromatic carbocycles. The minimum absolute atomic E-state index is 0.0412. The lowest BCUT2D eigenvalue weighted by molar-refractivity contribution is -0.274. The summed E-state index contributed by atoms with van der Waals surface area (Å²) in [6, 6.07) is 10.9. The van der Waals surface area contributed by atoms with Gasteiger partial charge in [0.2, 0.25) is 0 Å². The standard InChI is InChI=1S/C14H9F6OS/c15-13(16,17)21-10-6-8-12(9-7-10)22(14(18,19)20)11-4-2-1-3-5-11/h1-9H/q+1. The van der Waals surface area contributed by atoms with Crippen molar-refractivity contribution >= 4 is 10.9 Å². The summed E-state index contributed by atoms with van der Waals surface area (Å²) in [4.78, 5) is -0.0901. The fourth-order valence-electron chi connectivity index (χ4n) is 1.74. The summed E-state index contributed by atoms with van der Waals surface area (Å²) in [6.07, 6.45) is -4.88. The second-order valence-electron chi connectivity index (χ2n) is 4.08. The second-order valence-corrected chi connectivity index (χ2v) is 6.10. The Balaban J connectivity index is 2.34. The van der Waals surface area contributed by atoms with Crippen molar-refractivity contribution in [3.63, 3.8) is 0 Å². The molecular weight excluding hydrogens is 330 g/mol. The van der Waals surface area contributed by atoms with Gasteiger partial charge < -0.3 is 4.74 Å². The molecule has 2 rings (SSSR count). The van der Waals surface area contributed by atoms with Crippen molar-refractivity contribution < 1.29 is 31.1 Å². The van der Waals surface area contributed by atoms with E-state index in [-0.39, 0.29) is 9.79 Å². The van der Waals surface area contributed by atoms with Crippen LogP contribution >= 0.6 is 0 Å². The minimum atomic E-state index is -4.88. The lowest BCUT2D eigenvalue weighted by Gasteiger charge is -2.11. The molecule has 0 aliphatic carbocycles. The van der Waals surface area contributed by atoms with Gasteiger partial charge in [0.15, 0.2) is 20.7 Å². The maximum atomic E-state index is 13.3. The van der Waals surface area contributed by atoms with Crippen molar-refractivity contribution in [2.45, 2.75) is 21.7 Å². The molecule has 0 aromatic heterocycles. The highest BCUT2D eigenvalue weighted by Crippen LogP contribution is 2.39. The third-order valence-corrected chi connectivity index (χ3v) is 4.45. The number of rotatable bonds is 3. The molecule has 118 valence electrons. The molecule has 0 radical (unpaired) electrons. The number of alkyl halides is 6. The molecule has 0 heterocycles. The van der Waals surface area contributed by atoms with Gasteiger partial charge in [-0.25, -0.2) is 0 Å². The first-order valence-electron chi connectivity index (χ1n) is 5.89. The van der Waals surface area contributed by atoms with Gasteiger partial charge >= 0.3 is 11.9 Å². The number of halogens is 6. The smallest absolute Gasteiger partial charge is 0.406 e.